The first-order chi connectivity index (χ1) is 14.5. The van der Waals surface area contributed by atoms with E-state index in [0.29, 0.717) is 11.0 Å². The largest absolute Gasteiger partial charge is 0.310 e. The summed E-state index contributed by atoms with van der Waals surface area (Å²) in [5.41, 5.74) is 6.35. The first-order valence-electron chi connectivity index (χ1n) is 9.53. The predicted octanol–water partition coefficient (Wildman–Crippen LogP) is 4.31. The minimum atomic E-state index is -0.142. The molecule has 0 bridgehead atoms. The Morgan fingerprint density at radius 3 is 2.57 bits per heavy atom. The summed E-state index contributed by atoms with van der Waals surface area (Å²) in [5, 5.41) is 14.9. The van der Waals surface area contributed by atoms with Gasteiger partial charge in [0.25, 0.3) is 0 Å². The molecule has 2 aromatic heterocycles. The molecule has 1 amide bonds. The third-order valence-electron chi connectivity index (χ3n) is 4.83. The first-order valence-corrected chi connectivity index (χ1v) is 10.5. The van der Waals surface area contributed by atoms with Crippen LogP contribution in [0, 0.1) is 20.8 Å². The highest BCUT2D eigenvalue weighted by Crippen LogP contribution is 2.29. The highest BCUT2D eigenvalue weighted by Gasteiger charge is 2.16. The van der Waals surface area contributed by atoms with Gasteiger partial charge in [0.1, 0.15) is 12.1 Å². The van der Waals surface area contributed by atoms with E-state index in [9.17, 15) is 4.79 Å². The second kappa shape index (κ2) is 8.54. The van der Waals surface area contributed by atoms with Gasteiger partial charge in [-0.15, -0.1) is 0 Å². The molecular formula is C22H22N6OS. The molecule has 30 heavy (non-hydrogen) atoms. The van der Waals surface area contributed by atoms with Crippen molar-refractivity contribution in [2.45, 2.75) is 25.9 Å². The molecule has 0 spiro atoms. The number of aromatic amines is 1. The third kappa shape index (κ3) is 4.28. The number of nitrogens with one attached hydrogen (secondary N) is 2. The van der Waals surface area contributed by atoms with Crippen LogP contribution in [0.15, 0.2) is 60.0 Å². The number of para-hydroxylation sites is 1. The van der Waals surface area contributed by atoms with Crippen LogP contribution in [0.1, 0.15) is 16.7 Å². The molecule has 0 radical (unpaired) electrons. The molecule has 2 heterocycles. The molecular weight excluding hydrogens is 396 g/mol. The van der Waals surface area contributed by atoms with Crippen LogP contribution in [0.2, 0.25) is 0 Å². The van der Waals surface area contributed by atoms with Crippen LogP contribution in [0.5, 0.6) is 0 Å². The highest BCUT2D eigenvalue weighted by molar-refractivity contribution is 7.99. The Balaban J connectivity index is 1.66. The monoisotopic (exact) mass is 418 g/mol. The molecule has 0 aliphatic rings. The summed E-state index contributed by atoms with van der Waals surface area (Å²) in [5.74, 6) is 0.696. The lowest BCUT2D eigenvalue weighted by Gasteiger charge is -2.08. The Morgan fingerprint density at radius 1 is 1.07 bits per heavy atom. The number of aromatic nitrogens is 5. The van der Waals surface area contributed by atoms with Gasteiger partial charge in [-0.1, -0.05) is 36.0 Å². The molecule has 2 N–H and O–H groups in total. The van der Waals surface area contributed by atoms with Crippen LogP contribution in [0.3, 0.4) is 0 Å². The van der Waals surface area contributed by atoms with Crippen molar-refractivity contribution in [2.24, 2.45) is 0 Å². The van der Waals surface area contributed by atoms with Crippen molar-refractivity contribution in [1.29, 1.82) is 0 Å². The summed E-state index contributed by atoms with van der Waals surface area (Å²) in [6, 6.07) is 16.0. The Bertz CT molecular complexity index is 1170. The number of benzene rings is 2. The van der Waals surface area contributed by atoms with Crippen molar-refractivity contribution in [3.05, 3.63) is 71.5 Å². The molecule has 0 saturated carbocycles. The number of carbonyl (C=O) groups is 1. The zero-order valence-electron chi connectivity index (χ0n) is 17.0. The summed E-state index contributed by atoms with van der Waals surface area (Å²) in [6.45, 7) is 6.28. The number of nitrogens with zero attached hydrogens (tertiary/aromatic N) is 4. The first kappa shape index (κ1) is 19.9. The average Bonchev–Trinajstić information content (AvgIpc) is 3.40. The Morgan fingerprint density at radius 2 is 1.83 bits per heavy atom. The van der Waals surface area contributed by atoms with Crippen LogP contribution in [-0.4, -0.2) is 36.6 Å². The fraction of sp³-hybridized carbons (Fsp3) is 0.182. The fourth-order valence-corrected chi connectivity index (χ4v) is 3.76. The van der Waals surface area contributed by atoms with Crippen molar-refractivity contribution in [1.82, 2.24) is 25.0 Å². The van der Waals surface area contributed by atoms with Gasteiger partial charge in [-0.25, -0.2) is 9.67 Å². The van der Waals surface area contributed by atoms with Crippen molar-refractivity contribution in [3.63, 3.8) is 0 Å². The van der Waals surface area contributed by atoms with Crippen LogP contribution in [0.4, 0.5) is 5.82 Å². The predicted molar refractivity (Wildman–Crippen MR) is 119 cm³/mol. The van der Waals surface area contributed by atoms with Gasteiger partial charge in [0, 0.05) is 11.6 Å². The normalized spacial score (nSPS) is 10.9. The summed E-state index contributed by atoms with van der Waals surface area (Å²) in [4.78, 5) is 16.6. The van der Waals surface area contributed by atoms with Gasteiger partial charge in [-0.05, 0) is 55.7 Å². The van der Waals surface area contributed by atoms with E-state index in [-0.39, 0.29) is 11.7 Å². The van der Waals surface area contributed by atoms with Gasteiger partial charge in [-0.2, -0.15) is 10.2 Å². The number of H-pyrrole nitrogens is 1. The number of hydrogen-bond acceptors (Lipinski definition) is 5. The lowest BCUT2D eigenvalue weighted by atomic mass is 9.99. The van der Waals surface area contributed by atoms with Crippen LogP contribution < -0.4 is 5.32 Å². The molecule has 8 heteroatoms. The quantitative estimate of drug-likeness (QED) is 0.456. The van der Waals surface area contributed by atoms with Gasteiger partial charge < -0.3 is 5.32 Å². The van der Waals surface area contributed by atoms with E-state index in [4.69, 9.17) is 5.10 Å². The second-order valence-electron chi connectivity index (χ2n) is 7.04. The number of carbonyl (C=O) groups excluding carboxylic acids is 1. The van der Waals surface area contributed by atoms with Gasteiger partial charge in [0.15, 0.2) is 5.16 Å². The SMILES string of the molecule is Cc1cc(C)c(-c2cc(NC(=O)CSc3ncn[nH]3)n(-c3ccccc3)n2)cc1C. The molecule has 0 unspecified atom stereocenters. The van der Waals surface area contributed by atoms with Crippen molar-refractivity contribution < 1.29 is 4.79 Å². The van der Waals surface area contributed by atoms with Crippen molar-refractivity contribution in [3.8, 4) is 16.9 Å². The molecule has 0 saturated heterocycles. The molecule has 4 aromatic rings. The Kier molecular flexibility index (Phi) is 5.67. The van der Waals surface area contributed by atoms with E-state index >= 15 is 0 Å². The highest BCUT2D eigenvalue weighted by atomic mass is 32.2. The fourth-order valence-electron chi connectivity index (χ4n) is 3.18. The minimum Gasteiger partial charge on any atom is -0.310 e. The van der Waals surface area contributed by atoms with Crippen molar-refractivity contribution >= 4 is 23.5 Å². The van der Waals surface area contributed by atoms with Gasteiger partial charge in [0.05, 0.1) is 17.1 Å². The molecule has 0 aliphatic heterocycles. The van der Waals surface area contributed by atoms with E-state index in [1.807, 2.05) is 36.4 Å². The standard InChI is InChI=1S/C22H22N6OS/c1-14-9-16(3)18(10-15(14)2)19-11-20(28(27-19)17-7-5-4-6-8-17)25-21(29)12-30-22-23-13-24-26-22/h4-11,13H,12H2,1-3H3,(H,25,29)(H,23,24,26). The van der Waals surface area contributed by atoms with Crippen LogP contribution >= 0.6 is 11.8 Å². The summed E-state index contributed by atoms with van der Waals surface area (Å²) < 4.78 is 1.76. The van der Waals surface area contributed by atoms with Crippen LogP contribution in [-0.2, 0) is 4.79 Å². The topological polar surface area (TPSA) is 88.5 Å². The molecule has 0 atom stereocenters. The van der Waals surface area contributed by atoms with E-state index in [1.54, 1.807) is 4.68 Å². The number of rotatable bonds is 6. The summed E-state index contributed by atoms with van der Waals surface area (Å²) >= 11 is 1.29. The number of amides is 1. The van der Waals surface area contributed by atoms with E-state index < -0.39 is 0 Å². The lowest BCUT2D eigenvalue weighted by molar-refractivity contribution is -0.113. The maximum Gasteiger partial charge on any atom is 0.236 e. The molecule has 152 valence electrons. The smallest absolute Gasteiger partial charge is 0.236 e. The van der Waals surface area contributed by atoms with Crippen molar-refractivity contribution in [2.75, 3.05) is 11.1 Å². The molecule has 0 aliphatic carbocycles. The zero-order valence-corrected chi connectivity index (χ0v) is 17.8. The molecule has 2 aromatic carbocycles. The average molecular weight is 419 g/mol. The molecule has 4 rings (SSSR count). The summed E-state index contributed by atoms with van der Waals surface area (Å²) in [7, 11) is 0. The van der Waals surface area contributed by atoms with Crippen LogP contribution in [0.25, 0.3) is 16.9 Å². The Labute approximate surface area is 178 Å². The minimum absolute atomic E-state index is 0.142. The maximum absolute atomic E-state index is 12.6. The zero-order chi connectivity index (χ0) is 21.1. The third-order valence-corrected chi connectivity index (χ3v) is 5.70. The lowest BCUT2D eigenvalue weighted by Crippen LogP contribution is -2.17. The van der Waals surface area contributed by atoms with Gasteiger partial charge >= 0.3 is 0 Å². The number of aryl methyl sites for hydroxylation is 3. The van der Waals surface area contributed by atoms with E-state index in [0.717, 1.165) is 22.5 Å². The molecule has 0 fully saturated rings. The second-order valence-corrected chi connectivity index (χ2v) is 8.01. The summed E-state index contributed by atoms with van der Waals surface area (Å²) in [6.07, 6.45) is 1.42. The maximum atomic E-state index is 12.6. The van der Waals surface area contributed by atoms with E-state index in [2.05, 4.69) is 53.4 Å². The van der Waals surface area contributed by atoms with E-state index in [1.165, 1.54) is 29.2 Å². The number of anilines is 1. The number of hydrogen-bond donors (Lipinski definition) is 2. The Hall–Kier alpha value is -3.39. The number of thioether (sulfide) groups is 1. The van der Waals surface area contributed by atoms with Gasteiger partial charge in [-0.3, -0.25) is 9.89 Å². The van der Waals surface area contributed by atoms with Gasteiger partial charge in [0.2, 0.25) is 5.91 Å². The molecule has 7 nitrogen and oxygen atoms in total.